The van der Waals surface area contributed by atoms with Gasteiger partial charge in [-0.1, -0.05) is 60.6 Å². The second-order valence-corrected chi connectivity index (χ2v) is 30.0. The Kier molecular flexibility index (Phi) is 18.3. The third kappa shape index (κ3) is 12.0. The lowest BCUT2D eigenvalue weighted by molar-refractivity contribution is -0.586. The van der Waals surface area contributed by atoms with Gasteiger partial charge >= 0.3 is 35.8 Å². The topological polar surface area (TPSA) is 281 Å². The molecule has 0 radical (unpaired) electrons. The molecule has 12 heterocycles. The molecular weight excluding hydrogens is 1230 g/mol. The van der Waals surface area contributed by atoms with E-state index in [1.807, 2.05) is 20.8 Å². The van der Waals surface area contributed by atoms with E-state index >= 15 is 0 Å². The molecule has 0 N–H and O–H groups in total. The Morgan fingerprint density at radius 1 is 0.489 bits per heavy atom. The Balaban J connectivity index is 0.685. The number of halogens is 1. The van der Waals surface area contributed by atoms with Gasteiger partial charge in [0.05, 0.1) is 38.5 Å². The van der Waals surface area contributed by atoms with E-state index in [9.17, 15) is 33.2 Å². The molecule has 0 aromatic heterocycles. The number of carbonyl (C=O) groups is 6. The Hall–Kier alpha value is -4.84. The smallest absolute Gasteiger partial charge is 0.308 e. The molecule has 0 amide bonds. The zero-order valence-corrected chi connectivity index (χ0v) is 55.5. The molecule has 1 unspecified atom stereocenters. The molecule has 94 heavy (non-hydrogen) atoms. The van der Waals surface area contributed by atoms with Gasteiger partial charge in [-0.05, 0) is 132 Å². The van der Waals surface area contributed by atoms with Crippen LogP contribution in [-0.4, -0.2) is 133 Å². The molecule has 6 bridgehead atoms. The highest BCUT2D eigenvalue weighted by atomic mass is 19.1. The molecule has 16 rings (SSSR count). The second kappa shape index (κ2) is 25.5. The van der Waals surface area contributed by atoms with Crippen LogP contribution in [0.2, 0.25) is 0 Å². The quantitative estimate of drug-likeness (QED) is 0.0539. The van der Waals surface area contributed by atoms with Crippen molar-refractivity contribution in [1.82, 2.24) is 0 Å². The van der Waals surface area contributed by atoms with Crippen molar-refractivity contribution in [3.8, 4) is 0 Å². The monoisotopic (exact) mass is 1330 g/mol. The number of hydrogen-bond acceptors (Lipinski definition) is 25. The molecule has 26 heteroatoms. The van der Waals surface area contributed by atoms with Crippen molar-refractivity contribution in [3.63, 3.8) is 0 Å². The van der Waals surface area contributed by atoms with Crippen LogP contribution in [-0.2, 0) is 115 Å². The van der Waals surface area contributed by atoms with Crippen LogP contribution in [0.3, 0.4) is 0 Å². The van der Waals surface area contributed by atoms with Gasteiger partial charge in [-0.3, -0.25) is 28.8 Å². The number of benzene rings is 1. The average Bonchev–Trinajstić information content (AvgIpc) is 1.52. The van der Waals surface area contributed by atoms with Gasteiger partial charge in [0.25, 0.3) is 5.72 Å². The minimum atomic E-state index is -2.40. The van der Waals surface area contributed by atoms with Crippen molar-refractivity contribution in [1.29, 1.82) is 0 Å². The lowest BCUT2D eigenvalue weighted by Crippen LogP contribution is -2.74. The van der Waals surface area contributed by atoms with E-state index in [2.05, 4.69) is 32.7 Å². The van der Waals surface area contributed by atoms with Gasteiger partial charge in [0, 0.05) is 60.5 Å². The van der Waals surface area contributed by atoms with Crippen molar-refractivity contribution in [2.75, 3.05) is 13.2 Å². The summed E-state index contributed by atoms with van der Waals surface area (Å²) in [5.41, 5.74) is -5.50. The molecule has 25 nitrogen and oxygen atoms in total. The van der Waals surface area contributed by atoms with E-state index in [1.54, 1.807) is 20.8 Å². The normalized spacial score (nSPS) is 45.2. The van der Waals surface area contributed by atoms with Crippen LogP contribution in [0.4, 0.5) is 4.39 Å². The first-order chi connectivity index (χ1) is 44.6. The Morgan fingerprint density at radius 3 is 1.43 bits per heavy atom. The lowest BCUT2D eigenvalue weighted by atomic mass is 9.50. The third-order valence-corrected chi connectivity index (χ3v) is 24.0. The predicted molar refractivity (Wildman–Crippen MR) is 316 cm³/mol. The predicted octanol–water partition coefficient (Wildman–Crippen LogP) is 9.55. The van der Waals surface area contributed by atoms with Gasteiger partial charge in [0.15, 0.2) is 48.9 Å². The molecule has 12 aliphatic heterocycles. The van der Waals surface area contributed by atoms with Gasteiger partial charge in [0.2, 0.25) is 36.2 Å². The van der Waals surface area contributed by atoms with E-state index in [-0.39, 0.29) is 47.3 Å². The van der Waals surface area contributed by atoms with Crippen molar-refractivity contribution in [3.05, 3.63) is 35.6 Å². The van der Waals surface area contributed by atoms with Gasteiger partial charge in [-0.25, -0.2) is 38.7 Å². The van der Waals surface area contributed by atoms with Crippen LogP contribution in [0.15, 0.2) is 29.3 Å². The number of fused-ring (bicyclic) bond motifs is 6. The van der Waals surface area contributed by atoms with Crippen LogP contribution < -0.4 is 0 Å². The summed E-state index contributed by atoms with van der Waals surface area (Å²) in [6.07, 6.45) is 1.16. The standard InChI is InChI=1S/C68H92FNO24/c1-36-11-17-47-39(4)55(82-58-66(47)44(36)26-30-62(8,86-58)89-92-66)79-51(73)21-19-49(71)77-34-65(70-33-42-13-15-43(69)16-14-42,85-54(76)24-23-52(74)80-56-40(5)48-18-12-37(2)45-27-31-63(9)87-59(83-56)67(45,48)93-90-63)35-78-50(72)20-22-53(75)81-57-41(6)61(7)29-25-38(3)46-28-32-64(10)88-60(84-57)68(46,61)94-91-64/h13-16,33,36-41,44-48,55-60H,11-12,17-32,34-35H2,1-10H3/t36-,37-,38-,39-,40-,41+,44+,45+,46+,47+,48+,55-,56-,57-,58-,59-,60-,61+,62+,63+,64+,65?,66-,67-,68+/m1/s1. The largest absolute Gasteiger partial charge is 0.459 e. The number of nitrogens with zero attached hydrogens (tertiary/aromatic N) is 1. The number of carbonyl (C=O) groups excluding carboxylic acids is 6. The van der Waals surface area contributed by atoms with Crippen LogP contribution in [0.1, 0.15) is 190 Å². The molecular formula is C68H92FNO24. The lowest BCUT2D eigenvalue weighted by Gasteiger charge is -2.65. The Labute approximate surface area is 546 Å². The van der Waals surface area contributed by atoms with E-state index in [0.29, 0.717) is 43.1 Å². The highest BCUT2D eigenvalue weighted by Crippen LogP contribution is 2.67. The van der Waals surface area contributed by atoms with E-state index < -0.39 is 182 Å². The zero-order valence-electron chi connectivity index (χ0n) is 55.5. The third-order valence-electron chi connectivity index (χ3n) is 24.0. The fraction of sp³-hybridized carbons (Fsp3) is 0.809. The summed E-state index contributed by atoms with van der Waals surface area (Å²) in [4.78, 5) is 125. The molecule has 25 atom stereocenters. The first kappa shape index (κ1) is 67.7. The van der Waals surface area contributed by atoms with Gasteiger partial charge in [0.1, 0.15) is 5.82 Å². The number of ether oxygens (including phenoxy) is 12. The van der Waals surface area contributed by atoms with Gasteiger partial charge < -0.3 is 56.8 Å². The number of aliphatic imine (C=N–C) groups is 1. The number of esters is 6. The maximum atomic E-state index is 14.3. The molecule has 520 valence electrons. The molecule has 3 aliphatic carbocycles. The zero-order chi connectivity index (χ0) is 66.5. The van der Waals surface area contributed by atoms with Crippen molar-refractivity contribution in [2.24, 2.45) is 75.5 Å². The maximum absolute atomic E-state index is 14.3. The van der Waals surface area contributed by atoms with Gasteiger partial charge in [-0.15, -0.1) is 0 Å². The fourth-order valence-corrected chi connectivity index (χ4v) is 18.2. The van der Waals surface area contributed by atoms with E-state index in [1.165, 1.54) is 18.3 Å². The maximum Gasteiger partial charge on any atom is 0.308 e. The first-order valence-corrected chi connectivity index (χ1v) is 34.2. The van der Waals surface area contributed by atoms with E-state index in [0.717, 1.165) is 63.5 Å². The van der Waals surface area contributed by atoms with Crippen LogP contribution in [0.5, 0.6) is 0 Å². The fourth-order valence-electron chi connectivity index (χ4n) is 18.2. The summed E-state index contributed by atoms with van der Waals surface area (Å²) in [5.74, 6) is -9.54. The van der Waals surface area contributed by atoms with Crippen LogP contribution >= 0.6 is 0 Å². The minimum absolute atomic E-state index is 0.0445. The van der Waals surface area contributed by atoms with Gasteiger partial charge in [-0.2, -0.15) is 0 Å². The summed E-state index contributed by atoms with van der Waals surface area (Å²) in [7, 11) is 0. The Bertz CT molecular complexity index is 3080. The minimum Gasteiger partial charge on any atom is -0.459 e. The Morgan fingerprint density at radius 2 is 0.915 bits per heavy atom. The average molecular weight is 1330 g/mol. The molecule has 12 saturated heterocycles. The molecule has 1 aromatic carbocycles. The molecule has 3 saturated carbocycles. The summed E-state index contributed by atoms with van der Waals surface area (Å²) in [6.45, 7) is 18.0. The summed E-state index contributed by atoms with van der Waals surface area (Å²) < 4.78 is 88.3. The van der Waals surface area contributed by atoms with Crippen LogP contribution in [0.25, 0.3) is 0 Å². The first-order valence-electron chi connectivity index (χ1n) is 34.2. The highest BCUT2D eigenvalue weighted by Gasteiger charge is 2.76. The summed E-state index contributed by atoms with van der Waals surface area (Å²) in [5, 5.41) is 0. The molecule has 1 aromatic rings. The SMILES string of the molecule is C[C@H]1[C@H](OC(=O)CCC(=O)OCC(COC(=O)CCC(=O)O[C@@H]2O[C@@H]3O[C@]4(C)CC[C@H]5[C@H](C)CC[C@@](C)([C@H]2C)[C@@]35OO4)(N=Cc2ccc(F)cc2)OC(=O)CCC(=O)O[C@@H]2O[C@@H]3O[C@]4(C)CC[C@H]5[C@H](C)CC[C@@H]([C@H]2C)[C@@]35OO4)O[C@@H]2O[C@]3(C)CC[C@H]4[C@H](C)CC[C@@H]1[C@@]24OO3. The highest BCUT2D eigenvalue weighted by molar-refractivity contribution is 5.82. The van der Waals surface area contributed by atoms with Crippen molar-refractivity contribution >= 4 is 42.0 Å². The molecule has 15 aliphatic rings. The second-order valence-electron chi connectivity index (χ2n) is 30.0. The van der Waals surface area contributed by atoms with E-state index in [4.69, 9.17) is 86.2 Å². The molecule has 3 spiro atoms. The molecule has 15 fully saturated rings. The van der Waals surface area contributed by atoms with Crippen molar-refractivity contribution < 1.29 is 119 Å². The summed E-state index contributed by atoms with van der Waals surface area (Å²) in [6, 6.07) is 5.08. The number of rotatable bonds is 19. The summed E-state index contributed by atoms with van der Waals surface area (Å²) >= 11 is 0. The van der Waals surface area contributed by atoms with Crippen molar-refractivity contribution in [2.45, 2.75) is 262 Å². The van der Waals surface area contributed by atoms with Crippen LogP contribution in [0, 0.1) is 76.3 Å². The number of hydrogen-bond donors (Lipinski definition) is 0.